The number of sulfonamides is 1. The van der Waals surface area contributed by atoms with Crippen molar-refractivity contribution < 1.29 is 17.9 Å². The van der Waals surface area contributed by atoms with Crippen LogP contribution in [-0.4, -0.2) is 44.9 Å². The number of aryl methyl sites for hydroxylation is 1. The molecule has 1 heterocycles. The molecule has 1 aromatic rings. The normalized spacial score (nSPS) is 16.5. The van der Waals surface area contributed by atoms with E-state index in [0.717, 1.165) is 0 Å². The quantitative estimate of drug-likeness (QED) is 0.889. The van der Waals surface area contributed by atoms with Crippen molar-refractivity contribution >= 4 is 21.6 Å². The number of hydrogen-bond acceptors (Lipinski definition) is 4. The summed E-state index contributed by atoms with van der Waals surface area (Å²) < 4.78 is 32.2. The fourth-order valence-corrected chi connectivity index (χ4v) is 4.12. The van der Waals surface area contributed by atoms with Crippen LogP contribution in [0, 0.1) is 12.8 Å². The van der Waals surface area contributed by atoms with Crippen molar-refractivity contribution in [3.05, 3.63) is 23.8 Å². The zero-order valence-electron chi connectivity index (χ0n) is 13.8. The molecular weight excluding hydrogens is 316 g/mol. The van der Waals surface area contributed by atoms with E-state index in [4.69, 9.17) is 4.74 Å². The number of hydrogen-bond donors (Lipinski definition) is 1. The second kappa shape index (κ2) is 7.42. The first kappa shape index (κ1) is 17.9. The van der Waals surface area contributed by atoms with Gasteiger partial charge in [0, 0.05) is 25.2 Å². The fourth-order valence-electron chi connectivity index (χ4n) is 2.46. The molecule has 1 saturated heterocycles. The third-order valence-electron chi connectivity index (χ3n) is 3.65. The van der Waals surface area contributed by atoms with Crippen LogP contribution in [0.25, 0.3) is 0 Å². The topological polar surface area (TPSA) is 75.7 Å². The summed E-state index contributed by atoms with van der Waals surface area (Å²) in [5, 5.41) is 2.77. The van der Waals surface area contributed by atoms with Crippen LogP contribution in [0.2, 0.25) is 0 Å². The number of anilines is 1. The summed E-state index contributed by atoms with van der Waals surface area (Å²) >= 11 is 0. The highest BCUT2D eigenvalue weighted by Gasteiger charge is 2.28. The van der Waals surface area contributed by atoms with Gasteiger partial charge in [-0.3, -0.25) is 4.79 Å². The predicted octanol–water partition coefficient (Wildman–Crippen LogP) is 2.00. The van der Waals surface area contributed by atoms with E-state index >= 15 is 0 Å². The van der Waals surface area contributed by atoms with Gasteiger partial charge >= 0.3 is 0 Å². The lowest BCUT2D eigenvalue weighted by molar-refractivity contribution is -0.116. The Bertz CT molecular complexity index is 665. The Labute approximate surface area is 137 Å². The maximum Gasteiger partial charge on any atom is 0.243 e. The van der Waals surface area contributed by atoms with Crippen molar-refractivity contribution in [2.24, 2.45) is 5.92 Å². The molecule has 1 aliphatic heterocycles. The summed E-state index contributed by atoms with van der Waals surface area (Å²) in [6, 6.07) is 4.99. The Balaban J connectivity index is 2.24. The first-order chi connectivity index (χ1) is 10.8. The van der Waals surface area contributed by atoms with E-state index in [1.807, 2.05) is 13.8 Å². The molecule has 1 N–H and O–H groups in total. The minimum Gasteiger partial charge on any atom is -0.379 e. The molecule has 1 fully saturated rings. The largest absolute Gasteiger partial charge is 0.379 e. The van der Waals surface area contributed by atoms with Gasteiger partial charge in [0.1, 0.15) is 0 Å². The molecule has 1 amide bonds. The number of carbonyl (C=O) groups excluding carboxylic acids is 1. The SMILES string of the molecule is Cc1ccc(NC(=O)CC(C)C)cc1S(=O)(=O)N1CCOCC1. The molecule has 128 valence electrons. The smallest absolute Gasteiger partial charge is 0.243 e. The number of benzene rings is 1. The van der Waals surface area contributed by atoms with Gasteiger partial charge in [-0.05, 0) is 30.5 Å². The van der Waals surface area contributed by atoms with Crippen LogP contribution < -0.4 is 5.32 Å². The van der Waals surface area contributed by atoms with Crippen molar-refractivity contribution in [3.8, 4) is 0 Å². The van der Waals surface area contributed by atoms with Crippen molar-refractivity contribution in [1.29, 1.82) is 0 Å². The van der Waals surface area contributed by atoms with Gasteiger partial charge < -0.3 is 10.1 Å². The Kier molecular flexibility index (Phi) is 5.78. The van der Waals surface area contributed by atoms with Gasteiger partial charge in [0.05, 0.1) is 18.1 Å². The van der Waals surface area contributed by atoms with Gasteiger partial charge in [-0.2, -0.15) is 4.31 Å². The molecular formula is C16H24N2O4S. The molecule has 0 aromatic heterocycles. The molecule has 7 heteroatoms. The monoisotopic (exact) mass is 340 g/mol. The zero-order valence-corrected chi connectivity index (χ0v) is 14.6. The lowest BCUT2D eigenvalue weighted by Gasteiger charge is -2.26. The number of nitrogens with zero attached hydrogens (tertiary/aromatic N) is 1. The van der Waals surface area contributed by atoms with E-state index in [2.05, 4.69) is 5.32 Å². The molecule has 2 rings (SSSR count). The Morgan fingerprint density at radius 1 is 1.30 bits per heavy atom. The molecule has 0 aliphatic carbocycles. The van der Waals surface area contributed by atoms with E-state index < -0.39 is 10.0 Å². The Morgan fingerprint density at radius 2 is 1.96 bits per heavy atom. The van der Waals surface area contributed by atoms with Crippen molar-refractivity contribution in [2.45, 2.75) is 32.1 Å². The second-order valence-corrected chi connectivity index (χ2v) is 8.05. The standard InChI is InChI=1S/C16H24N2O4S/c1-12(2)10-16(19)17-14-5-4-13(3)15(11-14)23(20,21)18-6-8-22-9-7-18/h4-5,11-12H,6-10H2,1-3H3,(H,17,19). The van der Waals surface area contributed by atoms with Crippen LogP contribution in [-0.2, 0) is 19.6 Å². The number of rotatable bonds is 5. The van der Waals surface area contributed by atoms with Crippen LogP contribution in [0.15, 0.2) is 23.1 Å². The number of ether oxygens (including phenoxy) is 1. The Morgan fingerprint density at radius 3 is 2.57 bits per heavy atom. The van der Waals surface area contributed by atoms with Crippen LogP contribution in [0.1, 0.15) is 25.8 Å². The van der Waals surface area contributed by atoms with E-state index in [1.54, 1.807) is 25.1 Å². The molecule has 0 unspecified atom stereocenters. The van der Waals surface area contributed by atoms with Gasteiger partial charge in [0.15, 0.2) is 0 Å². The second-order valence-electron chi connectivity index (χ2n) is 6.14. The number of amides is 1. The number of nitrogens with one attached hydrogen (secondary N) is 1. The molecule has 1 aliphatic rings. The molecule has 0 bridgehead atoms. The van der Waals surface area contributed by atoms with E-state index in [1.165, 1.54) is 4.31 Å². The van der Waals surface area contributed by atoms with Crippen molar-refractivity contribution in [1.82, 2.24) is 4.31 Å². The third-order valence-corrected chi connectivity index (χ3v) is 5.69. The fraction of sp³-hybridized carbons (Fsp3) is 0.562. The lowest BCUT2D eigenvalue weighted by Crippen LogP contribution is -2.40. The van der Waals surface area contributed by atoms with Gasteiger partial charge in [-0.25, -0.2) is 8.42 Å². The minimum atomic E-state index is -3.57. The third kappa shape index (κ3) is 4.53. The van der Waals surface area contributed by atoms with Gasteiger partial charge in [-0.15, -0.1) is 0 Å². The zero-order chi connectivity index (χ0) is 17.0. The van der Waals surface area contributed by atoms with Gasteiger partial charge in [0.25, 0.3) is 0 Å². The maximum atomic E-state index is 12.8. The predicted molar refractivity (Wildman–Crippen MR) is 88.8 cm³/mol. The number of carbonyl (C=O) groups is 1. The molecule has 0 radical (unpaired) electrons. The first-order valence-electron chi connectivity index (χ1n) is 7.79. The molecule has 0 saturated carbocycles. The molecule has 0 atom stereocenters. The van der Waals surface area contributed by atoms with Crippen LogP contribution in [0.3, 0.4) is 0 Å². The summed E-state index contributed by atoms with van der Waals surface area (Å²) in [6.07, 6.45) is 0.402. The summed E-state index contributed by atoms with van der Waals surface area (Å²) in [6.45, 7) is 7.20. The average molecular weight is 340 g/mol. The summed E-state index contributed by atoms with van der Waals surface area (Å²) in [4.78, 5) is 12.1. The summed E-state index contributed by atoms with van der Waals surface area (Å²) in [5.74, 6) is 0.135. The summed E-state index contributed by atoms with van der Waals surface area (Å²) in [7, 11) is -3.57. The molecule has 0 spiro atoms. The van der Waals surface area contributed by atoms with Crippen molar-refractivity contribution in [2.75, 3.05) is 31.6 Å². The highest BCUT2D eigenvalue weighted by Crippen LogP contribution is 2.24. The summed E-state index contributed by atoms with van der Waals surface area (Å²) in [5.41, 5.74) is 1.17. The lowest BCUT2D eigenvalue weighted by atomic mass is 10.1. The van der Waals surface area contributed by atoms with Crippen molar-refractivity contribution in [3.63, 3.8) is 0 Å². The van der Waals surface area contributed by atoms with E-state index in [9.17, 15) is 13.2 Å². The van der Waals surface area contributed by atoms with Crippen LogP contribution in [0.4, 0.5) is 5.69 Å². The maximum absolute atomic E-state index is 12.8. The molecule has 23 heavy (non-hydrogen) atoms. The van der Waals surface area contributed by atoms with E-state index in [0.29, 0.717) is 44.0 Å². The highest BCUT2D eigenvalue weighted by molar-refractivity contribution is 7.89. The van der Waals surface area contributed by atoms with Gasteiger partial charge in [0.2, 0.25) is 15.9 Å². The average Bonchev–Trinajstić information content (AvgIpc) is 2.49. The van der Waals surface area contributed by atoms with Crippen LogP contribution in [0.5, 0.6) is 0 Å². The van der Waals surface area contributed by atoms with E-state index in [-0.39, 0.29) is 16.7 Å². The highest BCUT2D eigenvalue weighted by atomic mass is 32.2. The molecule has 6 nitrogen and oxygen atoms in total. The molecule has 1 aromatic carbocycles. The van der Waals surface area contributed by atoms with Crippen LogP contribution >= 0.6 is 0 Å². The first-order valence-corrected chi connectivity index (χ1v) is 9.23. The number of morpholine rings is 1. The van der Waals surface area contributed by atoms with Gasteiger partial charge in [-0.1, -0.05) is 19.9 Å². The Hall–Kier alpha value is -1.44. The minimum absolute atomic E-state index is 0.112.